The third-order valence-corrected chi connectivity index (χ3v) is 17.3. The Morgan fingerprint density at radius 1 is 0.318 bits per heavy atom. The van der Waals surface area contributed by atoms with Crippen LogP contribution in [0.2, 0.25) is 0 Å². The van der Waals surface area contributed by atoms with Crippen LogP contribution in [0.3, 0.4) is 0 Å². The third-order valence-electron chi connectivity index (χ3n) is 17.3. The number of aryl methyl sites for hydroxylation is 8. The van der Waals surface area contributed by atoms with Gasteiger partial charge in [-0.05, 0) is 270 Å². The zero-order chi connectivity index (χ0) is 60.6. The number of carboxylic acid groups (broad SMARTS) is 4. The van der Waals surface area contributed by atoms with Crippen molar-refractivity contribution in [2.24, 2.45) is 0 Å². The molecule has 0 aromatic carbocycles. The van der Waals surface area contributed by atoms with Crippen LogP contribution in [0.4, 0.5) is 0 Å². The number of carboxylic acids is 4. The van der Waals surface area contributed by atoms with Crippen LogP contribution in [0.1, 0.15) is 197 Å². The number of allylic oxidation sites excluding steroid dienone is 8. The van der Waals surface area contributed by atoms with Gasteiger partial charge in [-0.25, -0.2) is 19.9 Å². The molecule has 0 radical (unpaired) electrons. The molecule has 6 aromatic rings. The minimum atomic E-state index is -1.13. The molecule has 10 rings (SSSR count). The Kier molecular flexibility index (Phi) is 19.2. The first-order valence-corrected chi connectivity index (χ1v) is 29.1. The Morgan fingerprint density at radius 3 is 0.729 bits per heavy atom. The van der Waals surface area contributed by atoms with E-state index in [4.69, 9.17) is 19.9 Å². The molecular formula is C68H72N8O8Ti. The second-order valence-corrected chi connectivity index (χ2v) is 22.2. The minimum absolute atomic E-state index is 0. The number of aliphatic carboxylic acids is 4. The molecule has 0 aliphatic carbocycles. The van der Waals surface area contributed by atoms with Gasteiger partial charge in [0.05, 0.1) is 45.6 Å². The van der Waals surface area contributed by atoms with Crippen molar-refractivity contribution in [3.05, 3.63) is 139 Å². The van der Waals surface area contributed by atoms with Crippen molar-refractivity contribution < 1.29 is 61.3 Å². The quantitative estimate of drug-likeness (QED) is 0.0659. The summed E-state index contributed by atoms with van der Waals surface area (Å²) < 4.78 is 0. The van der Waals surface area contributed by atoms with E-state index in [-0.39, 0.29) is 73.1 Å². The molecule has 4 aliphatic rings. The third kappa shape index (κ3) is 12.8. The van der Waals surface area contributed by atoms with Crippen LogP contribution < -0.4 is 20.4 Å². The smallest absolute Gasteiger partial charge is 0.550 e. The van der Waals surface area contributed by atoms with Gasteiger partial charge in [0.15, 0.2) is 0 Å². The number of aromatic amines is 4. The zero-order valence-corrected chi connectivity index (χ0v) is 52.2. The number of H-pyrrole nitrogens is 4. The molecule has 85 heavy (non-hydrogen) atoms. The zero-order valence-electron chi connectivity index (χ0n) is 50.7. The fraction of sp³-hybridized carbons (Fsp3) is 0.353. The number of rotatable bonds is 16. The van der Waals surface area contributed by atoms with E-state index < -0.39 is 23.9 Å². The van der Waals surface area contributed by atoms with Crippen molar-refractivity contribution >= 4 is 113 Å². The molecule has 0 saturated heterocycles. The number of hydrogen-bond donors (Lipinski definition) is 4. The van der Waals surface area contributed by atoms with Gasteiger partial charge >= 0.3 is 21.7 Å². The predicted octanol–water partition coefficient (Wildman–Crippen LogP) is 9.95. The molecule has 436 valence electrons. The summed E-state index contributed by atoms with van der Waals surface area (Å²) in [4.78, 5) is 80.0. The molecule has 4 N–H and O–H groups in total. The molecule has 0 amide bonds. The maximum Gasteiger partial charge on any atom is 4.00 e. The fourth-order valence-corrected chi connectivity index (χ4v) is 12.4. The van der Waals surface area contributed by atoms with Crippen molar-refractivity contribution in [1.29, 1.82) is 0 Å². The Morgan fingerprint density at radius 2 is 0.518 bits per heavy atom. The average Bonchev–Trinajstić information content (AvgIpc) is 1.94. The molecule has 0 saturated carbocycles. The monoisotopic (exact) mass is 1180 g/mol. The number of aromatic nitrogens is 8. The van der Waals surface area contributed by atoms with Crippen LogP contribution in [0, 0.1) is 27.7 Å². The first-order chi connectivity index (χ1) is 40.0. The van der Waals surface area contributed by atoms with E-state index in [9.17, 15) is 39.6 Å². The van der Waals surface area contributed by atoms with Gasteiger partial charge < -0.3 is 59.5 Å². The van der Waals surface area contributed by atoms with Gasteiger partial charge in [0.1, 0.15) is 0 Å². The van der Waals surface area contributed by atoms with Crippen LogP contribution in [-0.4, -0.2) is 63.7 Å². The number of fused-ring (bicyclic) bond motifs is 16. The van der Waals surface area contributed by atoms with Gasteiger partial charge in [0, 0.05) is 68.0 Å². The van der Waals surface area contributed by atoms with Crippen LogP contribution in [0.25, 0.3) is 88.7 Å². The van der Waals surface area contributed by atoms with Crippen molar-refractivity contribution in [2.45, 2.75) is 160 Å². The summed E-state index contributed by atoms with van der Waals surface area (Å²) in [6, 6.07) is 16.2. The fourth-order valence-electron chi connectivity index (χ4n) is 12.4. The summed E-state index contributed by atoms with van der Waals surface area (Å²) >= 11 is 0. The van der Waals surface area contributed by atoms with Gasteiger partial charge in [-0.2, -0.15) is 0 Å². The Labute approximate surface area is 509 Å². The Bertz CT molecular complexity index is 3980. The number of nitrogens with one attached hydrogen (secondary N) is 4. The summed E-state index contributed by atoms with van der Waals surface area (Å²) in [6.07, 6.45) is 3.92. The van der Waals surface area contributed by atoms with Crippen LogP contribution in [0.5, 0.6) is 0 Å². The van der Waals surface area contributed by atoms with E-state index >= 15 is 0 Å². The van der Waals surface area contributed by atoms with Crippen LogP contribution >= 0.6 is 0 Å². The van der Waals surface area contributed by atoms with E-state index in [1.165, 1.54) is 33.4 Å². The van der Waals surface area contributed by atoms with E-state index in [0.29, 0.717) is 22.8 Å². The summed E-state index contributed by atoms with van der Waals surface area (Å²) in [6.45, 7) is 24.9. The molecule has 17 heteroatoms. The van der Waals surface area contributed by atoms with Crippen molar-refractivity contribution in [2.75, 3.05) is 0 Å². The topological polar surface area (TPSA) is 275 Å². The van der Waals surface area contributed by atoms with E-state index in [1.54, 1.807) is 0 Å². The molecule has 0 atom stereocenters. The average molecular weight is 1180 g/mol. The van der Waals surface area contributed by atoms with E-state index in [0.717, 1.165) is 148 Å². The first kappa shape index (κ1) is 62.8. The molecule has 10 heterocycles. The first-order valence-electron chi connectivity index (χ1n) is 29.1. The van der Waals surface area contributed by atoms with Crippen molar-refractivity contribution in [3.63, 3.8) is 0 Å². The second kappa shape index (κ2) is 26.0. The van der Waals surface area contributed by atoms with Crippen molar-refractivity contribution in [1.82, 2.24) is 39.9 Å². The maximum atomic E-state index is 11.4. The SMILES string of the molecule is CCc1c(C)c2cc3[nH]c(cc4nc(cc5nc(cc1[nH]2)C(C)=C5CCC(=O)[O-])C(CCC(=O)[O-])=C4C)c(C)c3CC.CCc1c(C)c2cc3[nH]c(cc4nc(cc5nc(cc1[nH]2)C(C)=C5CCC(=O)[O-])C(CCC(=O)[O-])=C4C)c(C)c3CC.[Ti+4]. The number of hydrogen-bond acceptors (Lipinski definition) is 12. The Balaban J connectivity index is 0.000000219. The summed E-state index contributed by atoms with van der Waals surface area (Å²) in [5.74, 6) is -4.50. The van der Waals surface area contributed by atoms with Crippen molar-refractivity contribution in [3.8, 4) is 0 Å². The standard InChI is InChI=1S/2C34H38N4O4.Ti/c2*1-7-21-17(3)25-13-26-19(5)23(9-11-33(39)40)31(37-26)16-32-24(10-12-34(41)42)20(6)28(38-32)15-30-22(8-2)18(4)27(36-30)14-29(21)35-25;/h2*13-16,35-36H,7-12H2,1-6H3,(H,39,40)(H,41,42);/q;;+4/p-4. The number of nitrogens with zero attached hydrogens (tertiary/aromatic N) is 4. The van der Waals surface area contributed by atoms with Gasteiger partial charge in [-0.1, -0.05) is 27.7 Å². The second-order valence-electron chi connectivity index (χ2n) is 22.2. The summed E-state index contributed by atoms with van der Waals surface area (Å²) in [5.41, 5.74) is 29.8. The largest absolute Gasteiger partial charge is 4.00 e. The maximum absolute atomic E-state index is 11.4. The number of carbonyl (C=O) groups is 4. The molecule has 0 fully saturated rings. The summed E-state index contributed by atoms with van der Waals surface area (Å²) in [5, 5.41) is 45.7. The Hall–Kier alpha value is -8.21. The van der Waals surface area contributed by atoms with Gasteiger partial charge in [-0.15, -0.1) is 0 Å². The molecule has 16 bridgehead atoms. The van der Waals surface area contributed by atoms with Crippen LogP contribution in [0.15, 0.2) is 48.5 Å². The normalized spacial score (nSPS) is 13.1. The predicted molar refractivity (Wildman–Crippen MR) is 325 cm³/mol. The van der Waals surface area contributed by atoms with Gasteiger partial charge in [0.2, 0.25) is 0 Å². The molecule has 6 aromatic heterocycles. The van der Waals surface area contributed by atoms with Crippen LogP contribution in [-0.2, 0) is 66.6 Å². The summed E-state index contributed by atoms with van der Waals surface area (Å²) in [7, 11) is 0. The van der Waals surface area contributed by atoms with Gasteiger partial charge in [0.25, 0.3) is 0 Å². The molecule has 4 aliphatic heterocycles. The molecule has 0 spiro atoms. The number of carbonyl (C=O) groups excluding carboxylic acids is 4. The molecule has 16 nitrogen and oxygen atoms in total. The van der Waals surface area contributed by atoms with E-state index in [1.807, 2.05) is 64.1 Å². The molecule has 0 unspecified atom stereocenters. The minimum Gasteiger partial charge on any atom is -0.550 e. The molecular weight excluding hydrogens is 1100 g/mol. The van der Waals surface area contributed by atoms with Gasteiger partial charge in [-0.3, -0.25) is 0 Å². The van der Waals surface area contributed by atoms with E-state index in [2.05, 4.69) is 87.5 Å².